The number of hydrogen-bond acceptors (Lipinski definition) is 3. The Bertz CT molecular complexity index is 676. The van der Waals surface area contributed by atoms with Crippen LogP contribution in [0.5, 0.6) is 0 Å². The molecule has 0 aromatic heterocycles. The van der Waals surface area contributed by atoms with Crippen LogP contribution in [0.1, 0.15) is 22.0 Å². The maximum absolute atomic E-state index is 13.6. The smallest absolute Gasteiger partial charge is 0.342 e. The summed E-state index contributed by atoms with van der Waals surface area (Å²) < 4.78 is 18.6. The summed E-state index contributed by atoms with van der Waals surface area (Å²) in [4.78, 5) is 23.4. The van der Waals surface area contributed by atoms with E-state index in [1.807, 2.05) is 0 Å². The SMILES string of the molecule is NC(=O)C(OC(=O)c1cc(Cl)ccc1F)c1ccccc1. The first-order chi connectivity index (χ1) is 9.99. The minimum absolute atomic E-state index is 0.179. The van der Waals surface area contributed by atoms with Crippen LogP contribution in [0.15, 0.2) is 48.5 Å². The fourth-order valence-electron chi connectivity index (χ4n) is 1.74. The topological polar surface area (TPSA) is 69.4 Å². The third-order valence-electron chi connectivity index (χ3n) is 2.73. The lowest BCUT2D eigenvalue weighted by atomic mass is 10.1. The molecular weight excluding hydrogens is 297 g/mol. The molecule has 1 atom stereocenters. The molecule has 1 amide bonds. The first-order valence-corrected chi connectivity index (χ1v) is 6.37. The maximum atomic E-state index is 13.6. The summed E-state index contributed by atoms with van der Waals surface area (Å²) >= 11 is 5.71. The number of benzene rings is 2. The third-order valence-corrected chi connectivity index (χ3v) is 2.97. The van der Waals surface area contributed by atoms with Gasteiger partial charge in [0.05, 0.1) is 5.56 Å². The summed E-state index contributed by atoms with van der Waals surface area (Å²) in [6, 6.07) is 11.7. The van der Waals surface area contributed by atoms with Gasteiger partial charge in [-0.1, -0.05) is 41.9 Å². The Morgan fingerprint density at radius 3 is 2.43 bits per heavy atom. The van der Waals surface area contributed by atoms with E-state index >= 15 is 0 Å². The predicted octanol–water partition coefficient (Wildman–Crippen LogP) is 2.86. The molecule has 0 saturated carbocycles. The highest BCUT2D eigenvalue weighted by Crippen LogP contribution is 2.21. The normalized spacial score (nSPS) is 11.7. The van der Waals surface area contributed by atoms with Crippen LogP contribution < -0.4 is 5.73 Å². The molecule has 108 valence electrons. The zero-order valence-electron chi connectivity index (χ0n) is 10.8. The Kier molecular flexibility index (Phi) is 4.55. The number of nitrogens with two attached hydrogens (primary N) is 1. The highest BCUT2D eigenvalue weighted by molar-refractivity contribution is 6.30. The Hall–Kier alpha value is -2.40. The summed E-state index contributed by atoms with van der Waals surface area (Å²) in [5.41, 5.74) is 5.27. The minimum atomic E-state index is -1.29. The zero-order valence-corrected chi connectivity index (χ0v) is 11.5. The molecule has 0 fully saturated rings. The van der Waals surface area contributed by atoms with Gasteiger partial charge < -0.3 is 10.5 Å². The summed E-state index contributed by atoms with van der Waals surface area (Å²) in [5, 5.41) is 0.179. The van der Waals surface area contributed by atoms with Crippen molar-refractivity contribution < 1.29 is 18.7 Å². The van der Waals surface area contributed by atoms with Crippen LogP contribution in [0, 0.1) is 5.82 Å². The van der Waals surface area contributed by atoms with Crippen molar-refractivity contribution in [1.82, 2.24) is 0 Å². The molecule has 2 aromatic rings. The van der Waals surface area contributed by atoms with Gasteiger partial charge in [0.15, 0.2) is 0 Å². The molecule has 0 aliphatic carbocycles. The first-order valence-electron chi connectivity index (χ1n) is 5.99. The molecule has 0 saturated heterocycles. The van der Waals surface area contributed by atoms with Gasteiger partial charge in [-0.15, -0.1) is 0 Å². The van der Waals surface area contributed by atoms with E-state index in [0.29, 0.717) is 5.56 Å². The van der Waals surface area contributed by atoms with Gasteiger partial charge >= 0.3 is 5.97 Å². The molecule has 2 rings (SSSR count). The van der Waals surface area contributed by atoms with Crippen molar-refractivity contribution in [3.63, 3.8) is 0 Å². The number of ether oxygens (including phenoxy) is 1. The highest BCUT2D eigenvalue weighted by Gasteiger charge is 2.24. The van der Waals surface area contributed by atoms with Crippen LogP contribution in [0.25, 0.3) is 0 Å². The van der Waals surface area contributed by atoms with Crippen molar-refractivity contribution in [2.75, 3.05) is 0 Å². The van der Waals surface area contributed by atoms with Crippen molar-refractivity contribution in [3.05, 3.63) is 70.5 Å². The van der Waals surface area contributed by atoms with Gasteiger partial charge in [0.25, 0.3) is 5.91 Å². The van der Waals surface area contributed by atoms with Crippen LogP contribution in [0.2, 0.25) is 5.02 Å². The van der Waals surface area contributed by atoms with Crippen molar-refractivity contribution >= 4 is 23.5 Å². The van der Waals surface area contributed by atoms with Crippen LogP contribution in [0.3, 0.4) is 0 Å². The standard InChI is InChI=1S/C15H11ClFNO3/c16-10-6-7-12(17)11(8-10)15(20)21-13(14(18)19)9-4-2-1-3-5-9/h1-8,13H,(H2,18,19). The van der Waals surface area contributed by atoms with Gasteiger partial charge in [0.2, 0.25) is 6.10 Å². The lowest BCUT2D eigenvalue weighted by Gasteiger charge is -2.15. The van der Waals surface area contributed by atoms with Crippen molar-refractivity contribution in [1.29, 1.82) is 0 Å². The fourth-order valence-corrected chi connectivity index (χ4v) is 1.91. The Labute approximate surface area is 125 Å². The predicted molar refractivity (Wildman–Crippen MR) is 75.2 cm³/mol. The molecule has 21 heavy (non-hydrogen) atoms. The van der Waals surface area contributed by atoms with E-state index in [0.717, 1.165) is 12.1 Å². The van der Waals surface area contributed by atoms with E-state index in [4.69, 9.17) is 22.1 Å². The number of hydrogen-bond donors (Lipinski definition) is 1. The van der Waals surface area contributed by atoms with Gasteiger partial charge in [-0.25, -0.2) is 9.18 Å². The van der Waals surface area contributed by atoms with E-state index < -0.39 is 23.8 Å². The number of halogens is 2. The van der Waals surface area contributed by atoms with Crippen molar-refractivity contribution in [2.45, 2.75) is 6.10 Å². The molecular formula is C15H11ClFNO3. The lowest BCUT2D eigenvalue weighted by Crippen LogP contribution is -2.26. The lowest BCUT2D eigenvalue weighted by molar-refractivity contribution is -0.127. The van der Waals surface area contributed by atoms with Crippen molar-refractivity contribution in [3.8, 4) is 0 Å². The van der Waals surface area contributed by atoms with E-state index in [9.17, 15) is 14.0 Å². The molecule has 0 aliphatic rings. The first kappa shape index (κ1) is 15.0. The molecule has 0 bridgehead atoms. The number of carbonyl (C=O) groups is 2. The van der Waals surface area contributed by atoms with Crippen molar-refractivity contribution in [2.24, 2.45) is 5.73 Å². The van der Waals surface area contributed by atoms with Gasteiger partial charge in [-0.05, 0) is 18.2 Å². The average molecular weight is 308 g/mol. The quantitative estimate of drug-likeness (QED) is 0.883. The number of amides is 1. The highest BCUT2D eigenvalue weighted by atomic mass is 35.5. The van der Waals surface area contributed by atoms with E-state index in [1.54, 1.807) is 30.3 Å². The fraction of sp³-hybridized carbons (Fsp3) is 0.0667. The third kappa shape index (κ3) is 3.58. The van der Waals surface area contributed by atoms with E-state index in [-0.39, 0.29) is 10.6 Å². The Morgan fingerprint density at radius 2 is 1.81 bits per heavy atom. The number of primary amides is 1. The second-order valence-electron chi connectivity index (χ2n) is 4.22. The minimum Gasteiger partial charge on any atom is -0.444 e. The average Bonchev–Trinajstić information content (AvgIpc) is 2.47. The van der Waals surface area contributed by atoms with Crippen LogP contribution in [-0.4, -0.2) is 11.9 Å². The maximum Gasteiger partial charge on any atom is 0.342 e. The summed E-state index contributed by atoms with van der Waals surface area (Å²) in [6.45, 7) is 0. The van der Waals surface area contributed by atoms with Gasteiger partial charge in [0.1, 0.15) is 5.82 Å². The van der Waals surface area contributed by atoms with Gasteiger partial charge in [0, 0.05) is 10.6 Å². The van der Waals surface area contributed by atoms with E-state index in [1.165, 1.54) is 6.07 Å². The zero-order chi connectivity index (χ0) is 15.4. The number of carbonyl (C=O) groups excluding carboxylic acids is 2. The van der Waals surface area contributed by atoms with Gasteiger partial charge in [-0.2, -0.15) is 0 Å². The molecule has 4 nitrogen and oxygen atoms in total. The summed E-state index contributed by atoms with van der Waals surface area (Å²) in [7, 11) is 0. The molecule has 2 aromatic carbocycles. The van der Waals surface area contributed by atoms with Gasteiger partial charge in [-0.3, -0.25) is 4.79 Å². The summed E-state index contributed by atoms with van der Waals surface area (Å²) in [5.74, 6) is -2.65. The number of rotatable bonds is 4. The van der Waals surface area contributed by atoms with Crippen LogP contribution in [0.4, 0.5) is 4.39 Å². The summed E-state index contributed by atoms with van der Waals surface area (Å²) in [6.07, 6.45) is -1.29. The molecule has 0 radical (unpaired) electrons. The second kappa shape index (κ2) is 6.37. The molecule has 0 heterocycles. The monoisotopic (exact) mass is 307 g/mol. The second-order valence-corrected chi connectivity index (χ2v) is 4.66. The molecule has 0 aliphatic heterocycles. The van der Waals surface area contributed by atoms with Crippen LogP contribution >= 0.6 is 11.6 Å². The van der Waals surface area contributed by atoms with Crippen LogP contribution in [-0.2, 0) is 9.53 Å². The number of esters is 1. The molecule has 1 unspecified atom stereocenters. The molecule has 0 spiro atoms. The largest absolute Gasteiger partial charge is 0.444 e. The Morgan fingerprint density at radius 1 is 1.14 bits per heavy atom. The molecule has 2 N–H and O–H groups in total. The van der Waals surface area contributed by atoms with E-state index in [2.05, 4.69) is 0 Å². The Balaban J connectivity index is 2.27. The molecule has 6 heteroatoms.